The van der Waals surface area contributed by atoms with Crippen LogP contribution in [0.4, 0.5) is 0 Å². The molecule has 0 aromatic carbocycles. The third-order valence-corrected chi connectivity index (χ3v) is 4.96. The zero-order valence-electron chi connectivity index (χ0n) is 10.5. The molecule has 1 N–H and O–H groups in total. The van der Waals surface area contributed by atoms with Gasteiger partial charge in [0.25, 0.3) is 0 Å². The Morgan fingerprint density at radius 3 is 2.76 bits per heavy atom. The average Bonchev–Trinajstić information content (AvgIpc) is 2.28. The van der Waals surface area contributed by atoms with Gasteiger partial charge in [0, 0.05) is 18.5 Å². The number of likely N-dealkylation sites (tertiary alicyclic amines) is 1. The van der Waals surface area contributed by atoms with E-state index in [0.717, 1.165) is 19.4 Å². The second kappa shape index (κ2) is 7.56. The van der Waals surface area contributed by atoms with Gasteiger partial charge in [0.1, 0.15) is 0 Å². The number of hydrogen-bond donors (Lipinski definition) is 1. The van der Waals surface area contributed by atoms with Gasteiger partial charge in [0.2, 0.25) is 10.0 Å². The summed E-state index contributed by atoms with van der Waals surface area (Å²) in [6.07, 6.45) is 4.89. The van der Waals surface area contributed by atoms with Gasteiger partial charge in [-0.05, 0) is 39.3 Å². The summed E-state index contributed by atoms with van der Waals surface area (Å²) in [5.41, 5.74) is 0. The highest BCUT2D eigenvalue weighted by molar-refractivity contribution is 7.89. The molecule has 1 fully saturated rings. The van der Waals surface area contributed by atoms with Gasteiger partial charge < -0.3 is 4.90 Å². The number of alkyl halides is 1. The number of nitrogens with one attached hydrogen (secondary N) is 1. The molecule has 0 aromatic heterocycles. The van der Waals surface area contributed by atoms with Crippen molar-refractivity contribution in [2.75, 3.05) is 31.8 Å². The van der Waals surface area contributed by atoms with E-state index >= 15 is 0 Å². The van der Waals surface area contributed by atoms with E-state index in [9.17, 15) is 8.42 Å². The molecule has 1 aliphatic heterocycles. The molecular weight excluding hydrogens is 260 g/mol. The van der Waals surface area contributed by atoms with Gasteiger partial charge in [-0.1, -0.05) is 6.42 Å². The van der Waals surface area contributed by atoms with E-state index in [2.05, 4.69) is 16.7 Å². The molecule has 1 unspecified atom stereocenters. The molecule has 6 heteroatoms. The lowest BCUT2D eigenvalue weighted by molar-refractivity contribution is 0.187. The first-order chi connectivity index (χ1) is 8.05. The maximum atomic E-state index is 11.7. The summed E-state index contributed by atoms with van der Waals surface area (Å²) in [5.74, 6) is 0.719. The van der Waals surface area contributed by atoms with Crippen molar-refractivity contribution in [3.8, 4) is 0 Å². The minimum Gasteiger partial charge on any atom is -0.302 e. The van der Waals surface area contributed by atoms with Crippen molar-refractivity contribution in [3.05, 3.63) is 0 Å². The summed E-state index contributed by atoms with van der Waals surface area (Å²) in [5, 5.41) is 0. The molecule has 1 aliphatic rings. The lowest BCUT2D eigenvalue weighted by Crippen LogP contribution is -2.44. The molecule has 1 atom stereocenters. The monoisotopic (exact) mass is 282 g/mol. The van der Waals surface area contributed by atoms with Crippen LogP contribution in [0.25, 0.3) is 0 Å². The van der Waals surface area contributed by atoms with Crippen molar-refractivity contribution in [2.45, 2.75) is 38.1 Å². The van der Waals surface area contributed by atoms with Gasteiger partial charge >= 0.3 is 0 Å². The Morgan fingerprint density at radius 2 is 2.12 bits per heavy atom. The first-order valence-corrected chi connectivity index (χ1v) is 8.47. The molecule has 0 spiro atoms. The molecule has 102 valence electrons. The fourth-order valence-electron chi connectivity index (χ4n) is 2.08. The Kier molecular flexibility index (Phi) is 6.77. The summed E-state index contributed by atoms with van der Waals surface area (Å²) in [6.45, 7) is 1.61. The van der Waals surface area contributed by atoms with E-state index in [4.69, 9.17) is 11.6 Å². The number of rotatable bonds is 7. The molecule has 17 heavy (non-hydrogen) atoms. The zero-order valence-corrected chi connectivity index (χ0v) is 12.1. The van der Waals surface area contributed by atoms with E-state index in [1.54, 1.807) is 0 Å². The van der Waals surface area contributed by atoms with Crippen LogP contribution >= 0.6 is 11.6 Å². The lowest BCUT2D eigenvalue weighted by Gasteiger charge is -2.32. The number of sulfonamides is 1. The SMILES string of the molecule is CN1CCCCC1CNS(=O)(=O)CCCCCl. The van der Waals surface area contributed by atoms with Crippen LogP contribution in [-0.4, -0.2) is 51.1 Å². The van der Waals surface area contributed by atoms with Crippen LogP contribution in [0.15, 0.2) is 0 Å². The molecule has 0 aliphatic carbocycles. The Balaban J connectivity index is 2.28. The molecule has 4 nitrogen and oxygen atoms in total. The Labute approximate surface area is 110 Å². The number of hydrogen-bond acceptors (Lipinski definition) is 3. The number of unbranched alkanes of at least 4 members (excludes halogenated alkanes) is 1. The van der Waals surface area contributed by atoms with Gasteiger partial charge in [-0.3, -0.25) is 0 Å². The van der Waals surface area contributed by atoms with E-state index in [1.807, 2.05) is 0 Å². The summed E-state index contributed by atoms with van der Waals surface area (Å²) in [7, 11) is -1.05. The largest absolute Gasteiger partial charge is 0.302 e. The van der Waals surface area contributed by atoms with E-state index in [-0.39, 0.29) is 5.75 Å². The van der Waals surface area contributed by atoms with Gasteiger partial charge in [0.15, 0.2) is 0 Å². The van der Waals surface area contributed by atoms with Crippen LogP contribution in [-0.2, 0) is 10.0 Å². The predicted molar refractivity (Wildman–Crippen MR) is 72.0 cm³/mol. The maximum Gasteiger partial charge on any atom is 0.211 e. The van der Waals surface area contributed by atoms with Crippen LogP contribution in [0.5, 0.6) is 0 Å². The molecule has 0 bridgehead atoms. The third kappa shape index (κ3) is 6.04. The van der Waals surface area contributed by atoms with E-state index < -0.39 is 10.0 Å². The highest BCUT2D eigenvalue weighted by Gasteiger charge is 2.20. The molecule has 0 radical (unpaired) electrons. The summed E-state index contributed by atoms with van der Waals surface area (Å²) in [6, 6.07) is 0.353. The number of piperidine rings is 1. The summed E-state index contributed by atoms with van der Waals surface area (Å²) < 4.78 is 26.1. The van der Waals surface area contributed by atoms with Crippen LogP contribution < -0.4 is 4.72 Å². The number of likely N-dealkylation sites (N-methyl/N-ethyl adjacent to an activating group) is 1. The van der Waals surface area contributed by atoms with Crippen LogP contribution in [0.1, 0.15) is 32.1 Å². The maximum absolute atomic E-state index is 11.7. The molecular formula is C11H23ClN2O2S. The van der Waals surface area contributed by atoms with Crippen molar-refractivity contribution < 1.29 is 8.42 Å². The molecule has 0 aromatic rings. The van der Waals surface area contributed by atoms with Crippen LogP contribution in [0.2, 0.25) is 0 Å². The third-order valence-electron chi connectivity index (χ3n) is 3.26. The summed E-state index contributed by atoms with van der Waals surface area (Å²) >= 11 is 5.53. The van der Waals surface area contributed by atoms with E-state index in [0.29, 0.717) is 24.9 Å². The zero-order chi connectivity index (χ0) is 12.7. The Morgan fingerprint density at radius 1 is 1.35 bits per heavy atom. The van der Waals surface area contributed by atoms with Gasteiger partial charge in [0.05, 0.1) is 5.75 Å². The lowest BCUT2D eigenvalue weighted by atomic mass is 10.0. The second-order valence-corrected chi connectivity index (χ2v) is 7.00. The van der Waals surface area contributed by atoms with Crippen molar-refractivity contribution in [1.29, 1.82) is 0 Å². The van der Waals surface area contributed by atoms with Crippen LogP contribution in [0.3, 0.4) is 0 Å². The second-order valence-electron chi connectivity index (χ2n) is 4.69. The standard InChI is InChI=1S/C11H23ClN2O2S/c1-14-8-4-2-6-11(14)10-13-17(15,16)9-5-3-7-12/h11,13H,2-10H2,1H3. The quantitative estimate of drug-likeness (QED) is 0.567. The average molecular weight is 283 g/mol. The van der Waals surface area contributed by atoms with Gasteiger partial charge in [-0.2, -0.15) is 0 Å². The smallest absolute Gasteiger partial charge is 0.211 e. The Hall–Kier alpha value is 0.160. The molecule has 1 rings (SSSR count). The van der Waals surface area contributed by atoms with Crippen LogP contribution in [0, 0.1) is 0 Å². The molecule has 1 saturated heterocycles. The first kappa shape index (κ1) is 15.2. The van der Waals surface area contributed by atoms with Gasteiger partial charge in [-0.25, -0.2) is 13.1 Å². The molecule has 0 amide bonds. The highest BCUT2D eigenvalue weighted by atomic mass is 35.5. The van der Waals surface area contributed by atoms with Crippen molar-refractivity contribution >= 4 is 21.6 Å². The number of nitrogens with zero attached hydrogens (tertiary/aromatic N) is 1. The van der Waals surface area contributed by atoms with Crippen molar-refractivity contribution in [3.63, 3.8) is 0 Å². The Bertz CT molecular complexity index is 309. The normalized spacial score (nSPS) is 22.8. The minimum absolute atomic E-state index is 0.191. The van der Waals surface area contributed by atoms with Crippen molar-refractivity contribution in [2.24, 2.45) is 0 Å². The van der Waals surface area contributed by atoms with E-state index in [1.165, 1.54) is 12.8 Å². The molecule has 0 saturated carbocycles. The highest BCUT2D eigenvalue weighted by Crippen LogP contribution is 2.14. The topological polar surface area (TPSA) is 49.4 Å². The first-order valence-electron chi connectivity index (χ1n) is 6.29. The fourth-order valence-corrected chi connectivity index (χ4v) is 3.45. The fraction of sp³-hybridized carbons (Fsp3) is 1.00. The van der Waals surface area contributed by atoms with Gasteiger partial charge in [-0.15, -0.1) is 11.6 Å². The predicted octanol–water partition coefficient (Wildman–Crippen LogP) is 1.41. The number of halogens is 1. The van der Waals surface area contributed by atoms with Crippen molar-refractivity contribution in [1.82, 2.24) is 9.62 Å². The minimum atomic E-state index is -3.11. The molecule has 1 heterocycles. The summed E-state index contributed by atoms with van der Waals surface area (Å²) in [4.78, 5) is 2.24.